The lowest BCUT2D eigenvalue weighted by Gasteiger charge is -1.99. The summed E-state index contributed by atoms with van der Waals surface area (Å²) in [5.74, 6) is -0.763. The van der Waals surface area contributed by atoms with Crippen LogP contribution in [0.15, 0.2) is 42.5 Å². The first-order valence-corrected chi connectivity index (χ1v) is 7.75. The maximum absolute atomic E-state index is 13.9. The van der Waals surface area contributed by atoms with E-state index in [1.807, 2.05) is 0 Å². The van der Waals surface area contributed by atoms with Gasteiger partial charge >= 0.3 is 0 Å². The summed E-state index contributed by atoms with van der Waals surface area (Å²) in [6.07, 6.45) is 0. The van der Waals surface area contributed by atoms with Crippen LogP contribution in [0.5, 0.6) is 0 Å². The van der Waals surface area contributed by atoms with Gasteiger partial charge in [-0.25, -0.2) is 8.78 Å². The summed E-state index contributed by atoms with van der Waals surface area (Å²) in [5, 5.41) is 13.5. The van der Waals surface area contributed by atoms with Crippen molar-refractivity contribution in [3.8, 4) is 22.0 Å². The molecule has 0 saturated heterocycles. The van der Waals surface area contributed by atoms with Gasteiger partial charge in [0.05, 0.1) is 0 Å². The van der Waals surface area contributed by atoms with E-state index in [9.17, 15) is 8.78 Å². The summed E-state index contributed by atoms with van der Waals surface area (Å²) in [6.45, 7) is 0. The van der Waals surface area contributed by atoms with Crippen molar-refractivity contribution in [2.75, 3.05) is 0 Å². The molecule has 0 atom stereocenters. The molecule has 23 heavy (non-hydrogen) atoms. The molecule has 0 bridgehead atoms. The summed E-state index contributed by atoms with van der Waals surface area (Å²) < 4.78 is 28.5. The zero-order chi connectivity index (χ0) is 16.0. The molecule has 2 heterocycles. The maximum atomic E-state index is 13.9. The van der Waals surface area contributed by atoms with Crippen LogP contribution in [-0.2, 0) is 0 Å². The number of nitrogens with zero attached hydrogens (tertiary/aromatic N) is 4. The molecule has 0 N–H and O–H groups in total. The lowest BCUT2D eigenvalue weighted by Crippen LogP contribution is -1.92. The van der Waals surface area contributed by atoms with Gasteiger partial charge in [0.25, 0.3) is 0 Å². The normalized spacial score (nSPS) is 11.3. The predicted molar refractivity (Wildman–Crippen MR) is 84.5 cm³/mol. The third-order valence-corrected chi connectivity index (χ3v) is 4.44. The number of hydrogen-bond acceptors (Lipinski definition) is 4. The first-order chi connectivity index (χ1) is 11.1. The molecule has 0 aliphatic rings. The molecule has 2 aromatic carbocycles. The van der Waals surface area contributed by atoms with Crippen LogP contribution in [0.1, 0.15) is 0 Å². The van der Waals surface area contributed by atoms with E-state index < -0.39 is 11.6 Å². The predicted octanol–water partition coefficient (Wildman–Crippen LogP) is 4.45. The molecule has 0 radical (unpaired) electrons. The fourth-order valence-electron chi connectivity index (χ4n) is 2.17. The maximum Gasteiger partial charge on any atom is 0.235 e. The third-order valence-electron chi connectivity index (χ3n) is 3.25. The minimum Gasteiger partial charge on any atom is -0.207 e. The van der Waals surface area contributed by atoms with Crippen molar-refractivity contribution >= 4 is 27.9 Å². The highest BCUT2D eigenvalue weighted by molar-refractivity contribution is 7.19. The van der Waals surface area contributed by atoms with Gasteiger partial charge in [-0.15, -0.1) is 10.2 Å². The van der Waals surface area contributed by atoms with Crippen LogP contribution in [0.25, 0.3) is 26.9 Å². The molecule has 0 aliphatic heterocycles. The van der Waals surface area contributed by atoms with Gasteiger partial charge < -0.3 is 0 Å². The van der Waals surface area contributed by atoms with Crippen molar-refractivity contribution in [2.45, 2.75) is 0 Å². The topological polar surface area (TPSA) is 43.1 Å². The molecule has 8 heteroatoms. The molecule has 0 amide bonds. The van der Waals surface area contributed by atoms with Gasteiger partial charge in [-0.3, -0.25) is 0 Å². The Bertz CT molecular complexity index is 1010. The van der Waals surface area contributed by atoms with Crippen LogP contribution in [0.4, 0.5) is 8.78 Å². The fourth-order valence-corrected chi connectivity index (χ4v) is 3.16. The van der Waals surface area contributed by atoms with E-state index in [-0.39, 0.29) is 5.56 Å². The van der Waals surface area contributed by atoms with E-state index in [4.69, 9.17) is 11.6 Å². The second-order valence-corrected chi connectivity index (χ2v) is 6.15. The van der Waals surface area contributed by atoms with E-state index in [1.54, 1.807) is 24.3 Å². The molecule has 2 aromatic heterocycles. The van der Waals surface area contributed by atoms with E-state index in [0.29, 0.717) is 20.8 Å². The van der Waals surface area contributed by atoms with E-state index >= 15 is 0 Å². The molecule has 114 valence electrons. The number of aromatic nitrogens is 4. The van der Waals surface area contributed by atoms with Crippen molar-refractivity contribution in [1.29, 1.82) is 0 Å². The van der Waals surface area contributed by atoms with Gasteiger partial charge in [-0.1, -0.05) is 22.9 Å². The Morgan fingerprint density at radius 1 is 1.00 bits per heavy atom. The first kappa shape index (κ1) is 14.2. The molecule has 0 saturated carbocycles. The van der Waals surface area contributed by atoms with Crippen LogP contribution < -0.4 is 0 Å². The summed E-state index contributed by atoms with van der Waals surface area (Å²) >= 11 is 7.06. The number of fused-ring (bicyclic) bond motifs is 1. The summed E-state index contributed by atoms with van der Waals surface area (Å²) in [6, 6.07) is 10.5. The number of hydrogen-bond donors (Lipinski definition) is 0. The average Bonchev–Trinajstić information content (AvgIpc) is 3.08. The van der Waals surface area contributed by atoms with Crippen molar-refractivity contribution in [1.82, 2.24) is 19.8 Å². The average molecular weight is 349 g/mol. The lowest BCUT2D eigenvalue weighted by atomic mass is 10.2. The first-order valence-electron chi connectivity index (χ1n) is 6.55. The second kappa shape index (κ2) is 5.36. The highest BCUT2D eigenvalue weighted by Gasteiger charge is 2.16. The Hall–Kier alpha value is -2.38. The Kier molecular flexibility index (Phi) is 3.32. The Labute approximate surface area is 138 Å². The zero-order valence-corrected chi connectivity index (χ0v) is 12.9. The fraction of sp³-hybridized carbons (Fsp3) is 0. The van der Waals surface area contributed by atoms with Gasteiger partial charge in [0.15, 0.2) is 10.8 Å². The summed E-state index contributed by atoms with van der Waals surface area (Å²) in [5.41, 5.74) is 1.02. The smallest absolute Gasteiger partial charge is 0.207 e. The van der Waals surface area contributed by atoms with Crippen molar-refractivity contribution in [2.24, 2.45) is 0 Å². The highest BCUT2D eigenvalue weighted by Crippen LogP contribution is 2.30. The highest BCUT2D eigenvalue weighted by atomic mass is 35.5. The molecular weight excluding hydrogens is 342 g/mol. The van der Waals surface area contributed by atoms with Gasteiger partial charge in [-0.2, -0.15) is 9.61 Å². The molecule has 4 rings (SSSR count). The van der Waals surface area contributed by atoms with Gasteiger partial charge in [0.2, 0.25) is 4.96 Å². The molecule has 4 aromatic rings. The second-order valence-electron chi connectivity index (χ2n) is 4.76. The van der Waals surface area contributed by atoms with E-state index in [0.717, 1.165) is 11.6 Å². The molecule has 0 spiro atoms. The standard InChI is InChI=1S/C15H7ClF2N4S/c16-9-3-1-8(2-4-9)13-19-20-15-22(13)21-14(23-15)11-6-5-10(17)7-12(11)18/h1-7H. The number of rotatable bonds is 2. The Balaban J connectivity index is 1.84. The third kappa shape index (κ3) is 2.47. The zero-order valence-electron chi connectivity index (χ0n) is 11.4. The SMILES string of the molecule is Fc1ccc(-c2nn3c(-c4ccc(Cl)cc4)nnc3s2)c(F)c1. The quantitative estimate of drug-likeness (QED) is 0.537. The van der Waals surface area contributed by atoms with Crippen LogP contribution in [0, 0.1) is 11.6 Å². The monoisotopic (exact) mass is 348 g/mol. The van der Waals surface area contributed by atoms with Crippen LogP contribution in [-0.4, -0.2) is 19.8 Å². The summed E-state index contributed by atoms with van der Waals surface area (Å²) in [7, 11) is 0. The van der Waals surface area contributed by atoms with Crippen molar-refractivity contribution in [3.63, 3.8) is 0 Å². The minimum absolute atomic E-state index is 0.226. The molecule has 0 unspecified atom stereocenters. The van der Waals surface area contributed by atoms with E-state index in [2.05, 4.69) is 15.3 Å². The molecular formula is C15H7ClF2N4S. The molecule has 0 aliphatic carbocycles. The van der Waals surface area contributed by atoms with Crippen LogP contribution in [0.3, 0.4) is 0 Å². The number of benzene rings is 2. The Morgan fingerprint density at radius 2 is 1.78 bits per heavy atom. The largest absolute Gasteiger partial charge is 0.235 e. The summed E-state index contributed by atoms with van der Waals surface area (Å²) in [4.78, 5) is 0.522. The number of halogens is 3. The van der Waals surface area contributed by atoms with Crippen molar-refractivity contribution < 1.29 is 8.78 Å². The lowest BCUT2D eigenvalue weighted by molar-refractivity contribution is 0.585. The van der Waals surface area contributed by atoms with Crippen molar-refractivity contribution in [3.05, 3.63) is 59.1 Å². The molecule has 4 nitrogen and oxygen atoms in total. The molecule has 0 fully saturated rings. The van der Waals surface area contributed by atoms with Crippen LogP contribution >= 0.6 is 22.9 Å². The van der Waals surface area contributed by atoms with Gasteiger partial charge in [0, 0.05) is 22.2 Å². The van der Waals surface area contributed by atoms with Gasteiger partial charge in [0.1, 0.15) is 11.6 Å². The van der Waals surface area contributed by atoms with Gasteiger partial charge in [-0.05, 0) is 36.4 Å². The van der Waals surface area contributed by atoms with Crippen LogP contribution in [0.2, 0.25) is 5.02 Å². The minimum atomic E-state index is -0.664. The van der Waals surface area contributed by atoms with E-state index in [1.165, 1.54) is 28.0 Å². The Morgan fingerprint density at radius 3 is 2.52 bits per heavy atom.